The Labute approximate surface area is 143 Å². The third-order valence-corrected chi connectivity index (χ3v) is 3.90. The Hall–Kier alpha value is -2.17. The van der Waals surface area contributed by atoms with Crippen molar-refractivity contribution < 1.29 is 14.6 Å². The van der Waals surface area contributed by atoms with Crippen molar-refractivity contribution in [3.63, 3.8) is 0 Å². The van der Waals surface area contributed by atoms with Crippen LogP contribution < -0.4 is 10.1 Å². The van der Waals surface area contributed by atoms with E-state index in [1.54, 1.807) is 24.3 Å². The molecule has 0 saturated carbocycles. The zero-order valence-electron chi connectivity index (χ0n) is 14.2. The van der Waals surface area contributed by atoms with Crippen LogP contribution in [-0.4, -0.2) is 30.1 Å². The first kappa shape index (κ1) is 18.2. The quantitative estimate of drug-likeness (QED) is 0.693. The molecule has 0 aliphatic rings. The number of Topliss-reactive ketones (excluding diaryl/α,β-unsaturated/α-hetero) is 1. The molecular formula is C20H25NO3. The van der Waals surface area contributed by atoms with E-state index in [1.165, 1.54) is 5.56 Å². The molecule has 2 rings (SSSR count). The van der Waals surface area contributed by atoms with Crippen molar-refractivity contribution in [2.24, 2.45) is 0 Å². The SMILES string of the molecule is CCC(=O)c1ccc(OC[C@@H](O)CN[C@H](C)c2ccccc2)cc1. The van der Waals surface area contributed by atoms with Crippen LogP contribution in [0, 0.1) is 0 Å². The fraction of sp³-hybridized carbons (Fsp3) is 0.350. The van der Waals surface area contributed by atoms with Gasteiger partial charge < -0.3 is 15.2 Å². The summed E-state index contributed by atoms with van der Waals surface area (Å²) < 4.78 is 5.57. The van der Waals surface area contributed by atoms with Crippen molar-refractivity contribution in [1.29, 1.82) is 0 Å². The second kappa shape index (κ2) is 9.21. The van der Waals surface area contributed by atoms with Crippen LogP contribution in [0.3, 0.4) is 0 Å². The number of ether oxygens (including phenoxy) is 1. The Morgan fingerprint density at radius 3 is 2.42 bits per heavy atom. The van der Waals surface area contributed by atoms with E-state index < -0.39 is 6.10 Å². The predicted octanol–water partition coefficient (Wildman–Crippen LogP) is 3.37. The number of rotatable bonds is 9. The zero-order chi connectivity index (χ0) is 17.4. The smallest absolute Gasteiger partial charge is 0.162 e. The van der Waals surface area contributed by atoms with E-state index >= 15 is 0 Å². The molecular weight excluding hydrogens is 302 g/mol. The van der Waals surface area contributed by atoms with Crippen LogP contribution in [0.5, 0.6) is 5.75 Å². The molecule has 0 amide bonds. The topological polar surface area (TPSA) is 58.6 Å². The minimum absolute atomic E-state index is 0.112. The van der Waals surface area contributed by atoms with Crippen LogP contribution >= 0.6 is 0 Å². The van der Waals surface area contributed by atoms with Crippen LogP contribution in [0.4, 0.5) is 0 Å². The minimum atomic E-state index is -0.604. The molecule has 4 heteroatoms. The van der Waals surface area contributed by atoms with E-state index in [-0.39, 0.29) is 18.4 Å². The molecule has 2 aromatic carbocycles. The summed E-state index contributed by atoms with van der Waals surface area (Å²) in [5.74, 6) is 0.762. The molecule has 0 unspecified atom stereocenters. The highest BCUT2D eigenvalue weighted by molar-refractivity contribution is 5.95. The summed E-state index contributed by atoms with van der Waals surface area (Å²) >= 11 is 0. The van der Waals surface area contributed by atoms with Gasteiger partial charge in [-0.25, -0.2) is 0 Å². The number of aliphatic hydroxyl groups is 1. The summed E-state index contributed by atoms with van der Waals surface area (Å²) in [5, 5.41) is 13.3. The van der Waals surface area contributed by atoms with E-state index in [0.717, 1.165) is 0 Å². The molecule has 4 nitrogen and oxygen atoms in total. The molecule has 0 aliphatic heterocycles. The number of hydrogen-bond donors (Lipinski definition) is 2. The Morgan fingerprint density at radius 2 is 1.79 bits per heavy atom. The molecule has 2 N–H and O–H groups in total. The van der Waals surface area contributed by atoms with Gasteiger partial charge in [-0.05, 0) is 36.8 Å². The number of benzene rings is 2. The fourth-order valence-electron chi connectivity index (χ4n) is 2.36. The first-order valence-electron chi connectivity index (χ1n) is 8.32. The van der Waals surface area contributed by atoms with E-state index in [1.807, 2.05) is 25.1 Å². The molecule has 0 aromatic heterocycles. The summed E-state index contributed by atoms with van der Waals surface area (Å²) in [4.78, 5) is 11.6. The van der Waals surface area contributed by atoms with Crippen LogP contribution in [0.25, 0.3) is 0 Å². The van der Waals surface area contributed by atoms with Crippen molar-refractivity contribution in [3.05, 3.63) is 65.7 Å². The standard InChI is InChI=1S/C20H25NO3/c1-3-20(23)17-9-11-19(12-10-17)24-14-18(22)13-21-15(2)16-7-5-4-6-8-16/h4-12,15,18,21-22H,3,13-14H2,1-2H3/t15-,18+/m1/s1. The Bertz CT molecular complexity index is 625. The fourth-order valence-corrected chi connectivity index (χ4v) is 2.36. The lowest BCUT2D eigenvalue weighted by Gasteiger charge is -2.18. The normalized spacial score (nSPS) is 13.3. The highest BCUT2D eigenvalue weighted by atomic mass is 16.5. The second-order valence-electron chi connectivity index (χ2n) is 5.81. The van der Waals surface area contributed by atoms with Gasteiger partial charge in [-0.1, -0.05) is 37.3 Å². The summed E-state index contributed by atoms with van der Waals surface area (Å²) in [5.41, 5.74) is 1.87. The monoisotopic (exact) mass is 327 g/mol. The number of hydrogen-bond acceptors (Lipinski definition) is 4. The van der Waals surface area contributed by atoms with Crippen molar-refractivity contribution >= 4 is 5.78 Å². The summed E-state index contributed by atoms with van der Waals surface area (Å²) in [6.07, 6.45) is -0.113. The third kappa shape index (κ3) is 5.48. The van der Waals surface area contributed by atoms with Gasteiger partial charge in [0.1, 0.15) is 18.5 Å². The van der Waals surface area contributed by atoms with Crippen LogP contribution in [-0.2, 0) is 0 Å². The number of carbonyl (C=O) groups excluding carboxylic acids is 1. The van der Waals surface area contributed by atoms with Gasteiger partial charge >= 0.3 is 0 Å². The number of nitrogens with one attached hydrogen (secondary N) is 1. The average Bonchev–Trinajstić information content (AvgIpc) is 2.64. The van der Waals surface area contributed by atoms with Crippen molar-refractivity contribution in [2.45, 2.75) is 32.4 Å². The minimum Gasteiger partial charge on any atom is -0.491 e. The van der Waals surface area contributed by atoms with Gasteiger partial charge in [-0.3, -0.25) is 4.79 Å². The summed E-state index contributed by atoms with van der Waals surface area (Å²) in [7, 11) is 0. The highest BCUT2D eigenvalue weighted by Gasteiger charge is 2.10. The Morgan fingerprint density at radius 1 is 1.12 bits per heavy atom. The molecule has 24 heavy (non-hydrogen) atoms. The molecule has 0 radical (unpaired) electrons. The molecule has 0 heterocycles. The molecule has 0 saturated heterocycles. The lowest BCUT2D eigenvalue weighted by Crippen LogP contribution is -2.33. The lowest BCUT2D eigenvalue weighted by molar-refractivity contribution is 0.0986. The average molecular weight is 327 g/mol. The van der Waals surface area contributed by atoms with Gasteiger partial charge in [0.2, 0.25) is 0 Å². The van der Waals surface area contributed by atoms with E-state index in [0.29, 0.717) is 24.3 Å². The van der Waals surface area contributed by atoms with Gasteiger partial charge in [0, 0.05) is 24.6 Å². The molecule has 2 aromatic rings. The first-order chi connectivity index (χ1) is 11.6. The van der Waals surface area contributed by atoms with Crippen LogP contribution in [0.15, 0.2) is 54.6 Å². The maximum atomic E-state index is 11.6. The maximum absolute atomic E-state index is 11.6. The second-order valence-corrected chi connectivity index (χ2v) is 5.81. The van der Waals surface area contributed by atoms with Gasteiger partial charge in [0.05, 0.1) is 0 Å². The highest BCUT2D eigenvalue weighted by Crippen LogP contribution is 2.14. The van der Waals surface area contributed by atoms with Crippen LogP contribution in [0.1, 0.15) is 42.2 Å². The lowest BCUT2D eigenvalue weighted by atomic mass is 10.1. The Balaban J connectivity index is 1.75. The number of aliphatic hydroxyl groups excluding tert-OH is 1. The largest absolute Gasteiger partial charge is 0.491 e. The van der Waals surface area contributed by atoms with Crippen molar-refractivity contribution in [3.8, 4) is 5.75 Å². The molecule has 0 spiro atoms. The van der Waals surface area contributed by atoms with Gasteiger partial charge in [0.25, 0.3) is 0 Å². The van der Waals surface area contributed by atoms with E-state index in [9.17, 15) is 9.90 Å². The molecule has 128 valence electrons. The van der Waals surface area contributed by atoms with Gasteiger partial charge in [-0.15, -0.1) is 0 Å². The van der Waals surface area contributed by atoms with Gasteiger partial charge in [-0.2, -0.15) is 0 Å². The molecule has 2 atom stereocenters. The van der Waals surface area contributed by atoms with Crippen molar-refractivity contribution in [2.75, 3.05) is 13.2 Å². The predicted molar refractivity (Wildman–Crippen MR) is 95.4 cm³/mol. The molecule has 0 fully saturated rings. The van der Waals surface area contributed by atoms with Gasteiger partial charge in [0.15, 0.2) is 5.78 Å². The summed E-state index contributed by atoms with van der Waals surface area (Å²) in [6.45, 7) is 4.55. The molecule has 0 aliphatic carbocycles. The van der Waals surface area contributed by atoms with Crippen molar-refractivity contribution in [1.82, 2.24) is 5.32 Å². The number of ketones is 1. The number of carbonyl (C=O) groups is 1. The maximum Gasteiger partial charge on any atom is 0.162 e. The molecule has 0 bridgehead atoms. The first-order valence-corrected chi connectivity index (χ1v) is 8.32. The Kier molecular flexibility index (Phi) is 6.97. The zero-order valence-corrected chi connectivity index (χ0v) is 14.2. The third-order valence-electron chi connectivity index (χ3n) is 3.90. The van der Waals surface area contributed by atoms with E-state index in [4.69, 9.17) is 4.74 Å². The summed E-state index contributed by atoms with van der Waals surface area (Å²) in [6, 6.07) is 17.3. The van der Waals surface area contributed by atoms with Crippen LogP contribution in [0.2, 0.25) is 0 Å². The van der Waals surface area contributed by atoms with E-state index in [2.05, 4.69) is 24.4 Å².